The van der Waals surface area contributed by atoms with Crippen molar-refractivity contribution in [3.8, 4) is 5.75 Å². The zero-order chi connectivity index (χ0) is 10.7. The van der Waals surface area contributed by atoms with E-state index in [1.807, 2.05) is 12.1 Å². The Morgan fingerprint density at radius 1 is 1.31 bits per heavy atom. The van der Waals surface area contributed by atoms with Gasteiger partial charge in [0, 0.05) is 0 Å². The summed E-state index contributed by atoms with van der Waals surface area (Å²) < 4.78 is 5.36. The third-order valence-electron chi connectivity index (χ3n) is 3.61. The number of nitrogens with two attached hydrogens (primary N) is 1. The second-order valence-corrected chi connectivity index (χ2v) is 4.55. The molecule has 2 N–H and O–H groups in total. The predicted octanol–water partition coefficient (Wildman–Crippen LogP) is 2.79. The van der Waals surface area contributed by atoms with Gasteiger partial charge in [0.1, 0.15) is 5.75 Å². The maximum absolute atomic E-state index is 5.87. The van der Waals surface area contributed by atoms with Crippen LogP contribution in [0, 0.1) is 5.41 Å². The van der Waals surface area contributed by atoms with Crippen molar-refractivity contribution in [2.75, 3.05) is 13.7 Å². The lowest BCUT2D eigenvalue weighted by Gasteiger charge is -2.41. The van der Waals surface area contributed by atoms with Crippen LogP contribution in [0.1, 0.15) is 24.8 Å². The SMILES string of the molecule is COc1ccccc1CC1(CN)CCC1.Cl. The van der Waals surface area contributed by atoms with Crippen molar-refractivity contribution in [1.82, 2.24) is 0 Å². The molecule has 0 saturated heterocycles. The van der Waals surface area contributed by atoms with Crippen LogP contribution < -0.4 is 10.5 Å². The van der Waals surface area contributed by atoms with Crippen molar-refractivity contribution in [3.63, 3.8) is 0 Å². The molecular formula is C13H20ClNO. The first kappa shape index (κ1) is 13.3. The summed E-state index contributed by atoms with van der Waals surface area (Å²) >= 11 is 0. The monoisotopic (exact) mass is 241 g/mol. The molecule has 0 aromatic heterocycles. The summed E-state index contributed by atoms with van der Waals surface area (Å²) in [7, 11) is 1.73. The second-order valence-electron chi connectivity index (χ2n) is 4.55. The van der Waals surface area contributed by atoms with Gasteiger partial charge in [0.05, 0.1) is 7.11 Å². The highest BCUT2D eigenvalue weighted by Crippen LogP contribution is 2.43. The molecule has 1 aromatic carbocycles. The average Bonchev–Trinajstić information content (AvgIpc) is 2.24. The zero-order valence-corrected chi connectivity index (χ0v) is 10.6. The van der Waals surface area contributed by atoms with Gasteiger partial charge >= 0.3 is 0 Å². The molecule has 0 bridgehead atoms. The van der Waals surface area contributed by atoms with Crippen LogP contribution >= 0.6 is 12.4 Å². The largest absolute Gasteiger partial charge is 0.496 e. The van der Waals surface area contributed by atoms with Crippen LogP contribution in [-0.4, -0.2) is 13.7 Å². The number of hydrogen-bond acceptors (Lipinski definition) is 2. The van der Waals surface area contributed by atoms with Gasteiger partial charge in [-0.1, -0.05) is 24.6 Å². The molecule has 90 valence electrons. The third-order valence-corrected chi connectivity index (χ3v) is 3.61. The Labute approximate surface area is 104 Å². The van der Waals surface area contributed by atoms with Gasteiger partial charge in [-0.25, -0.2) is 0 Å². The lowest BCUT2D eigenvalue weighted by atomic mass is 9.65. The molecule has 1 saturated carbocycles. The molecule has 1 aliphatic carbocycles. The first-order chi connectivity index (χ1) is 7.29. The highest BCUT2D eigenvalue weighted by atomic mass is 35.5. The van der Waals surface area contributed by atoms with Gasteiger partial charge in [0.15, 0.2) is 0 Å². The average molecular weight is 242 g/mol. The summed E-state index contributed by atoms with van der Waals surface area (Å²) in [6.45, 7) is 0.797. The summed E-state index contributed by atoms with van der Waals surface area (Å²) in [5.74, 6) is 0.997. The Hall–Kier alpha value is -0.730. The molecule has 1 aromatic rings. The van der Waals surface area contributed by atoms with Crippen molar-refractivity contribution in [2.24, 2.45) is 11.1 Å². The highest BCUT2D eigenvalue weighted by Gasteiger charge is 2.36. The Kier molecular flexibility index (Phi) is 4.63. The molecule has 0 amide bonds. The van der Waals surface area contributed by atoms with Crippen molar-refractivity contribution < 1.29 is 4.74 Å². The van der Waals surface area contributed by atoms with Gasteiger partial charge in [-0.15, -0.1) is 12.4 Å². The molecule has 1 aliphatic rings. The molecule has 0 unspecified atom stereocenters. The Bertz CT molecular complexity index is 331. The van der Waals surface area contributed by atoms with Gasteiger partial charge in [0.2, 0.25) is 0 Å². The smallest absolute Gasteiger partial charge is 0.122 e. The van der Waals surface area contributed by atoms with Crippen molar-refractivity contribution in [3.05, 3.63) is 29.8 Å². The molecular weight excluding hydrogens is 222 g/mol. The van der Waals surface area contributed by atoms with Crippen molar-refractivity contribution in [2.45, 2.75) is 25.7 Å². The molecule has 2 nitrogen and oxygen atoms in total. The van der Waals surface area contributed by atoms with Crippen LogP contribution in [0.3, 0.4) is 0 Å². The van der Waals surface area contributed by atoms with Gasteiger partial charge in [0.25, 0.3) is 0 Å². The molecule has 1 fully saturated rings. The van der Waals surface area contributed by atoms with Crippen LogP contribution in [0.5, 0.6) is 5.75 Å². The lowest BCUT2D eigenvalue weighted by molar-refractivity contribution is 0.143. The van der Waals surface area contributed by atoms with Gasteiger partial charge in [-0.2, -0.15) is 0 Å². The van der Waals surface area contributed by atoms with E-state index >= 15 is 0 Å². The first-order valence-electron chi connectivity index (χ1n) is 5.62. The fourth-order valence-corrected chi connectivity index (χ4v) is 2.38. The van der Waals surface area contributed by atoms with Crippen LogP contribution in [0.4, 0.5) is 0 Å². The molecule has 0 radical (unpaired) electrons. The molecule has 0 aliphatic heterocycles. The third kappa shape index (κ3) is 2.50. The van der Waals surface area contributed by atoms with E-state index in [2.05, 4.69) is 12.1 Å². The minimum absolute atomic E-state index is 0. The van der Waals surface area contributed by atoms with Gasteiger partial charge < -0.3 is 10.5 Å². The second kappa shape index (κ2) is 5.55. The minimum Gasteiger partial charge on any atom is -0.496 e. The maximum atomic E-state index is 5.87. The number of para-hydroxylation sites is 1. The standard InChI is InChI=1S/C13H19NO.ClH/c1-15-12-6-3-2-5-11(12)9-13(10-14)7-4-8-13;/h2-3,5-6H,4,7-10,14H2,1H3;1H. The first-order valence-corrected chi connectivity index (χ1v) is 5.62. The Balaban J connectivity index is 0.00000128. The van der Waals surface area contributed by atoms with E-state index < -0.39 is 0 Å². The normalized spacial score (nSPS) is 17.1. The van der Waals surface area contributed by atoms with E-state index in [1.54, 1.807) is 7.11 Å². The van der Waals surface area contributed by atoms with E-state index in [1.165, 1.54) is 24.8 Å². The summed E-state index contributed by atoms with van der Waals surface area (Å²) in [5.41, 5.74) is 7.52. The Morgan fingerprint density at radius 3 is 2.50 bits per heavy atom. The number of hydrogen-bond donors (Lipinski definition) is 1. The zero-order valence-electron chi connectivity index (χ0n) is 9.74. The lowest BCUT2D eigenvalue weighted by Crippen LogP contribution is -2.39. The molecule has 16 heavy (non-hydrogen) atoms. The maximum Gasteiger partial charge on any atom is 0.122 e. The summed E-state index contributed by atoms with van der Waals surface area (Å²) in [6.07, 6.45) is 4.92. The van der Waals surface area contributed by atoms with Crippen molar-refractivity contribution in [1.29, 1.82) is 0 Å². The quantitative estimate of drug-likeness (QED) is 0.880. The Morgan fingerprint density at radius 2 is 2.00 bits per heavy atom. The highest BCUT2D eigenvalue weighted by molar-refractivity contribution is 5.85. The number of methoxy groups -OCH3 is 1. The van der Waals surface area contributed by atoms with Crippen LogP contribution in [-0.2, 0) is 6.42 Å². The van der Waals surface area contributed by atoms with E-state index in [4.69, 9.17) is 10.5 Å². The van der Waals surface area contributed by atoms with E-state index in [0.717, 1.165) is 18.7 Å². The molecule has 0 heterocycles. The van der Waals surface area contributed by atoms with Gasteiger partial charge in [-0.3, -0.25) is 0 Å². The topological polar surface area (TPSA) is 35.2 Å². The molecule has 3 heteroatoms. The number of rotatable bonds is 4. The fourth-order valence-electron chi connectivity index (χ4n) is 2.38. The van der Waals surface area contributed by atoms with Crippen molar-refractivity contribution >= 4 is 12.4 Å². The fraction of sp³-hybridized carbons (Fsp3) is 0.538. The van der Waals surface area contributed by atoms with Crippen LogP contribution in [0.25, 0.3) is 0 Å². The predicted molar refractivity (Wildman–Crippen MR) is 69.3 cm³/mol. The number of benzene rings is 1. The van der Waals surface area contributed by atoms with Crippen LogP contribution in [0.2, 0.25) is 0 Å². The number of ether oxygens (including phenoxy) is 1. The van der Waals surface area contributed by atoms with Gasteiger partial charge in [-0.05, 0) is 42.9 Å². The number of halogens is 1. The summed E-state index contributed by atoms with van der Waals surface area (Å²) in [6, 6.07) is 8.26. The van der Waals surface area contributed by atoms with E-state index in [0.29, 0.717) is 5.41 Å². The molecule has 0 spiro atoms. The van der Waals surface area contributed by atoms with E-state index in [-0.39, 0.29) is 12.4 Å². The minimum atomic E-state index is 0. The summed E-state index contributed by atoms with van der Waals surface area (Å²) in [5, 5.41) is 0. The van der Waals surface area contributed by atoms with E-state index in [9.17, 15) is 0 Å². The molecule has 0 atom stereocenters. The summed E-state index contributed by atoms with van der Waals surface area (Å²) in [4.78, 5) is 0. The van der Waals surface area contributed by atoms with Crippen LogP contribution in [0.15, 0.2) is 24.3 Å². The molecule has 2 rings (SSSR count).